The van der Waals surface area contributed by atoms with Gasteiger partial charge in [0.05, 0.1) is 24.7 Å². The van der Waals surface area contributed by atoms with Gasteiger partial charge in [-0.1, -0.05) is 13.0 Å². The third-order valence-corrected chi connectivity index (χ3v) is 3.88. The molecule has 1 aromatic carbocycles. The van der Waals surface area contributed by atoms with Gasteiger partial charge < -0.3 is 19.6 Å². The third kappa shape index (κ3) is 3.21. The lowest BCUT2D eigenvalue weighted by Crippen LogP contribution is -2.14. The molecular weight excluding hydrogens is 322 g/mol. The van der Waals surface area contributed by atoms with Gasteiger partial charge in [0.2, 0.25) is 11.8 Å². The van der Waals surface area contributed by atoms with Crippen molar-refractivity contribution in [1.82, 2.24) is 14.5 Å². The van der Waals surface area contributed by atoms with Gasteiger partial charge in [-0.25, -0.2) is 14.3 Å². The Hall–Kier alpha value is -3.22. The van der Waals surface area contributed by atoms with Crippen LogP contribution in [-0.2, 0) is 6.42 Å². The smallest absolute Gasteiger partial charge is 0.333 e. The normalized spacial score (nSPS) is 10.7. The zero-order valence-electron chi connectivity index (χ0n) is 14.2. The zero-order valence-corrected chi connectivity index (χ0v) is 14.2. The Balaban J connectivity index is 1.86. The number of aromatic nitrogens is 3. The largest absolute Gasteiger partial charge is 0.496 e. The first-order valence-corrected chi connectivity index (χ1v) is 7.85. The summed E-state index contributed by atoms with van der Waals surface area (Å²) >= 11 is 0. The molecule has 0 radical (unpaired) electrons. The fourth-order valence-electron chi connectivity index (χ4n) is 2.51. The molecule has 0 bridgehead atoms. The number of pyridine rings is 1. The second-order valence-corrected chi connectivity index (χ2v) is 5.51. The minimum Gasteiger partial charge on any atom is -0.496 e. The lowest BCUT2D eigenvalue weighted by molar-refractivity contribution is 0.404. The van der Waals surface area contributed by atoms with Gasteiger partial charge in [-0.2, -0.15) is 0 Å². The third-order valence-electron chi connectivity index (χ3n) is 3.88. The quantitative estimate of drug-likeness (QED) is 0.745. The van der Waals surface area contributed by atoms with E-state index in [9.17, 15) is 9.90 Å². The van der Waals surface area contributed by atoms with Crippen LogP contribution in [0.25, 0.3) is 5.69 Å². The maximum Gasteiger partial charge on any atom is 0.333 e. The Morgan fingerprint density at radius 2 is 2.08 bits per heavy atom. The molecule has 3 aromatic rings. The van der Waals surface area contributed by atoms with Crippen molar-refractivity contribution in [2.24, 2.45) is 0 Å². The second kappa shape index (κ2) is 6.72. The van der Waals surface area contributed by atoms with Crippen LogP contribution in [0.5, 0.6) is 23.3 Å². The van der Waals surface area contributed by atoms with Crippen molar-refractivity contribution in [3.05, 3.63) is 58.3 Å². The summed E-state index contributed by atoms with van der Waals surface area (Å²) < 4.78 is 12.1. The highest BCUT2D eigenvalue weighted by Crippen LogP contribution is 2.27. The molecule has 0 saturated carbocycles. The molecule has 0 atom stereocenters. The molecule has 2 heterocycles. The van der Waals surface area contributed by atoms with Crippen molar-refractivity contribution < 1.29 is 14.6 Å². The molecule has 0 fully saturated rings. The van der Waals surface area contributed by atoms with Crippen LogP contribution in [0.15, 0.2) is 41.3 Å². The lowest BCUT2D eigenvalue weighted by Gasteiger charge is -2.09. The van der Waals surface area contributed by atoms with Crippen molar-refractivity contribution in [3.8, 4) is 28.9 Å². The molecule has 0 aliphatic carbocycles. The fraction of sp³-hybridized carbons (Fsp3) is 0.222. The van der Waals surface area contributed by atoms with E-state index in [1.54, 1.807) is 25.3 Å². The summed E-state index contributed by atoms with van der Waals surface area (Å²) in [5.41, 5.74) is 1.53. The molecule has 0 saturated heterocycles. The van der Waals surface area contributed by atoms with Crippen LogP contribution >= 0.6 is 0 Å². The van der Waals surface area contributed by atoms with E-state index >= 15 is 0 Å². The molecule has 3 rings (SSSR count). The number of nitrogens with zero attached hydrogens (tertiary/aromatic N) is 2. The summed E-state index contributed by atoms with van der Waals surface area (Å²) in [4.78, 5) is 18.8. The SMILES string of the molecule is CCc1[nH]c(=O)n(-c2ccc(Oc3ccc(C)c(OC)c3)nc2)c1O. The number of ether oxygens (including phenoxy) is 2. The molecule has 0 spiro atoms. The predicted molar refractivity (Wildman–Crippen MR) is 93.0 cm³/mol. The first-order valence-electron chi connectivity index (χ1n) is 7.85. The van der Waals surface area contributed by atoms with Crippen molar-refractivity contribution in [2.45, 2.75) is 20.3 Å². The van der Waals surface area contributed by atoms with E-state index in [1.165, 1.54) is 10.8 Å². The van der Waals surface area contributed by atoms with E-state index in [1.807, 2.05) is 26.0 Å². The molecule has 0 aliphatic rings. The van der Waals surface area contributed by atoms with Crippen LogP contribution in [0.2, 0.25) is 0 Å². The van der Waals surface area contributed by atoms with Crippen molar-refractivity contribution in [3.63, 3.8) is 0 Å². The summed E-state index contributed by atoms with van der Waals surface area (Å²) in [5.74, 6) is 1.59. The van der Waals surface area contributed by atoms with Crippen LogP contribution in [-0.4, -0.2) is 26.8 Å². The fourth-order valence-corrected chi connectivity index (χ4v) is 2.51. The minimum atomic E-state index is -0.409. The van der Waals surface area contributed by atoms with Crippen LogP contribution in [0.4, 0.5) is 0 Å². The van der Waals surface area contributed by atoms with Gasteiger partial charge in [0.25, 0.3) is 0 Å². The number of aromatic hydroxyl groups is 1. The maximum atomic E-state index is 12.0. The number of imidazole rings is 1. The number of aromatic amines is 1. The highest BCUT2D eigenvalue weighted by atomic mass is 16.5. The average molecular weight is 341 g/mol. The summed E-state index contributed by atoms with van der Waals surface area (Å²) in [6.07, 6.45) is 1.99. The van der Waals surface area contributed by atoms with Crippen molar-refractivity contribution in [2.75, 3.05) is 7.11 Å². The molecule has 0 amide bonds. The topological polar surface area (TPSA) is 89.4 Å². The average Bonchev–Trinajstić information content (AvgIpc) is 2.91. The molecule has 25 heavy (non-hydrogen) atoms. The highest BCUT2D eigenvalue weighted by Gasteiger charge is 2.13. The summed E-state index contributed by atoms with van der Waals surface area (Å²) in [6, 6.07) is 8.78. The summed E-state index contributed by atoms with van der Waals surface area (Å²) in [6.45, 7) is 3.79. The van der Waals surface area contributed by atoms with E-state index in [0.717, 1.165) is 11.3 Å². The number of H-pyrrole nitrogens is 1. The molecule has 130 valence electrons. The summed E-state index contributed by atoms with van der Waals surface area (Å²) in [5, 5.41) is 10.1. The maximum absolute atomic E-state index is 12.0. The Labute approximate surface area is 144 Å². The van der Waals surface area contributed by atoms with Gasteiger partial charge in [-0.3, -0.25) is 0 Å². The van der Waals surface area contributed by atoms with Crippen LogP contribution < -0.4 is 15.2 Å². The molecule has 7 nitrogen and oxygen atoms in total. The molecule has 7 heteroatoms. The van der Waals surface area contributed by atoms with E-state index in [-0.39, 0.29) is 5.88 Å². The van der Waals surface area contributed by atoms with Crippen molar-refractivity contribution in [1.29, 1.82) is 0 Å². The van der Waals surface area contributed by atoms with Crippen LogP contribution in [0, 0.1) is 6.92 Å². The number of aryl methyl sites for hydroxylation is 2. The highest BCUT2D eigenvalue weighted by molar-refractivity contribution is 5.42. The number of rotatable bonds is 5. The van der Waals surface area contributed by atoms with E-state index in [0.29, 0.717) is 29.4 Å². The number of hydrogen-bond donors (Lipinski definition) is 2. The van der Waals surface area contributed by atoms with Gasteiger partial charge >= 0.3 is 5.69 Å². The van der Waals surface area contributed by atoms with E-state index in [2.05, 4.69) is 9.97 Å². The standard InChI is InChI=1S/C18H19N3O4/c1-4-14-17(22)21(18(23)20-14)12-6-8-16(19-10-12)25-13-7-5-11(2)15(9-13)24-3/h5-10,22H,4H2,1-3H3,(H,20,23). The number of benzene rings is 1. The number of hydrogen-bond acceptors (Lipinski definition) is 5. The molecule has 0 aliphatic heterocycles. The summed E-state index contributed by atoms with van der Waals surface area (Å²) in [7, 11) is 1.60. The Bertz CT molecular complexity index is 942. The van der Waals surface area contributed by atoms with Gasteiger partial charge in [0.1, 0.15) is 11.5 Å². The van der Waals surface area contributed by atoms with Gasteiger partial charge in [-0.15, -0.1) is 0 Å². The molecular formula is C18H19N3O4. The Kier molecular flexibility index (Phi) is 4.47. The van der Waals surface area contributed by atoms with E-state index in [4.69, 9.17) is 9.47 Å². The van der Waals surface area contributed by atoms with E-state index < -0.39 is 5.69 Å². The molecule has 0 unspecified atom stereocenters. The Morgan fingerprint density at radius 3 is 2.68 bits per heavy atom. The number of nitrogens with one attached hydrogen (secondary N) is 1. The monoisotopic (exact) mass is 341 g/mol. The van der Waals surface area contributed by atoms with Crippen LogP contribution in [0.3, 0.4) is 0 Å². The van der Waals surface area contributed by atoms with Gasteiger partial charge in [0.15, 0.2) is 0 Å². The van der Waals surface area contributed by atoms with Gasteiger partial charge in [0, 0.05) is 12.1 Å². The first-order chi connectivity index (χ1) is 12.0. The number of methoxy groups -OCH3 is 1. The van der Waals surface area contributed by atoms with Crippen LogP contribution in [0.1, 0.15) is 18.2 Å². The predicted octanol–water partition coefficient (Wildman–Crippen LogP) is 2.94. The second-order valence-electron chi connectivity index (χ2n) is 5.51. The van der Waals surface area contributed by atoms with Gasteiger partial charge in [-0.05, 0) is 31.0 Å². The Morgan fingerprint density at radius 1 is 1.28 bits per heavy atom. The molecule has 2 N–H and O–H groups in total. The first kappa shape index (κ1) is 16.6. The molecule has 2 aromatic heterocycles. The minimum absolute atomic E-state index is 0.105. The lowest BCUT2D eigenvalue weighted by atomic mass is 10.2. The van der Waals surface area contributed by atoms with Crippen molar-refractivity contribution >= 4 is 0 Å². The zero-order chi connectivity index (χ0) is 18.0.